The molecule has 0 aliphatic carbocycles. The van der Waals surface area contributed by atoms with E-state index in [1.165, 1.54) is 31.4 Å². The molecular weight excluding hydrogens is 330 g/mol. The van der Waals surface area contributed by atoms with E-state index in [0.717, 1.165) is 25.9 Å². The molecule has 0 bridgehead atoms. The number of likely N-dealkylation sites (tertiary alicyclic amines) is 1. The summed E-state index contributed by atoms with van der Waals surface area (Å²) in [6, 6.07) is 4.79. The Morgan fingerprint density at radius 1 is 1.23 bits per heavy atom. The molecule has 1 unspecified atom stereocenters. The Morgan fingerprint density at radius 3 is 2.62 bits per heavy atom. The largest absolute Gasteiger partial charge is 0.508 e. The van der Waals surface area contributed by atoms with Crippen molar-refractivity contribution in [2.75, 3.05) is 26.3 Å². The Morgan fingerprint density at radius 2 is 1.96 bits per heavy atom. The molecule has 0 saturated carbocycles. The van der Waals surface area contributed by atoms with Crippen LogP contribution in [0.1, 0.15) is 63.2 Å². The summed E-state index contributed by atoms with van der Waals surface area (Å²) in [5.74, 6) is 0.548. The number of rotatable bonds is 9. The molecule has 1 saturated heterocycles. The predicted octanol–water partition coefficient (Wildman–Crippen LogP) is 4.24. The van der Waals surface area contributed by atoms with Gasteiger partial charge in [-0.3, -0.25) is 4.90 Å². The molecule has 1 aromatic rings. The predicted molar refractivity (Wildman–Crippen MR) is 103 cm³/mol. The number of carbonyl (C=O) groups is 1. The standard InChI is InChI=1S/C21H33NO4/c1-4-13-25-20-14-17(23)9-10-18(20)21(24)26-15-19(16(3)5-2)22-11-7-6-8-12-22/h9-10,14,16,19,23H,4-8,11-13,15H2,1-3H3/t16?,19-/m1/s1. The normalized spacial score (nSPS) is 17.5. The van der Waals surface area contributed by atoms with Crippen molar-refractivity contribution in [3.8, 4) is 11.5 Å². The maximum Gasteiger partial charge on any atom is 0.341 e. The summed E-state index contributed by atoms with van der Waals surface area (Å²) in [6.07, 6.45) is 5.61. The second-order valence-electron chi connectivity index (χ2n) is 7.18. The first kappa shape index (κ1) is 20.6. The lowest BCUT2D eigenvalue weighted by atomic mass is 9.96. The van der Waals surface area contributed by atoms with E-state index in [9.17, 15) is 9.90 Å². The van der Waals surface area contributed by atoms with Gasteiger partial charge < -0.3 is 14.6 Å². The van der Waals surface area contributed by atoms with Crippen molar-refractivity contribution in [2.24, 2.45) is 5.92 Å². The molecule has 0 amide bonds. The van der Waals surface area contributed by atoms with Crippen LogP contribution in [0.5, 0.6) is 11.5 Å². The van der Waals surface area contributed by atoms with Crippen LogP contribution >= 0.6 is 0 Å². The molecule has 26 heavy (non-hydrogen) atoms. The molecule has 1 aliphatic rings. The van der Waals surface area contributed by atoms with E-state index in [4.69, 9.17) is 9.47 Å². The number of hydrogen-bond donors (Lipinski definition) is 1. The highest BCUT2D eigenvalue weighted by atomic mass is 16.5. The zero-order valence-corrected chi connectivity index (χ0v) is 16.4. The zero-order chi connectivity index (χ0) is 18.9. The molecule has 5 nitrogen and oxygen atoms in total. The highest BCUT2D eigenvalue weighted by molar-refractivity contribution is 5.92. The van der Waals surface area contributed by atoms with E-state index in [1.807, 2.05) is 6.92 Å². The van der Waals surface area contributed by atoms with Crippen LogP contribution in [0.4, 0.5) is 0 Å². The van der Waals surface area contributed by atoms with Gasteiger partial charge in [-0.25, -0.2) is 4.79 Å². The molecule has 1 aromatic carbocycles. The fourth-order valence-corrected chi connectivity index (χ4v) is 3.40. The quantitative estimate of drug-likeness (QED) is 0.665. The maximum atomic E-state index is 12.6. The van der Waals surface area contributed by atoms with Gasteiger partial charge in [-0.1, -0.05) is 33.6 Å². The summed E-state index contributed by atoms with van der Waals surface area (Å²) in [6.45, 7) is 9.45. The molecule has 0 aromatic heterocycles. The molecule has 1 heterocycles. The molecule has 146 valence electrons. The molecule has 5 heteroatoms. The lowest BCUT2D eigenvalue weighted by Gasteiger charge is -2.37. The summed E-state index contributed by atoms with van der Waals surface area (Å²) >= 11 is 0. The van der Waals surface area contributed by atoms with Gasteiger partial charge in [-0.05, 0) is 50.4 Å². The van der Waals surface area contributed by atoms with Crippen LogP contribution in [-0.4, -0.2) is 48.3 Å². The Hall–Kier alpha value is -1.75. The number of phenolic OH excluding ortho intramolecular Hbond substituents is 1. The highest BCUT2D eigenvalue weighted by Crippen LogP contribution is 2.26. The Balaban J connectivity index is 2.05. The smallest absolute Gasteiger partial charge is 0.341 e. The first-order chi connectivity index (χ1) is 12.6. The lowest BCUT2D eigenvalue weighted by Crippen LogP contribution is -2.46. The van der Waals surface area contributed by atoms with E-state index >= 15 is 0 Å². The van der Waals surface area contributed by atoms with Gasteiger partial charge in [0.05, 0.1) is 6.61 Å². The number of aromatic hydroxyl groups is 1. The van der Waals surface area contributed by atoms with Crippen molar-refractivity contribution in [3.63, 3.8) is 0 Å². The van der Waals surface area contributed by atoms with E-state index in [2.05, 4.69) is 18.7 Å². The van der Waals surface area contributed by atoms with E-state index in [1.54, 1.807) is 6.07 Å². The Kier molecular flexibility index (Phi) is 8.23. The van der Waals surface area contributed by atoms with Gasteiger partial charge in [0.2, 0.25) is 0 Å². The summed E-state index contributed by atoms with van der Waals surface area (Å²) in [5, 5.41) is 9.67. The average molecular weight is 363 g/mol. The average Bonchev–Trinajstić information content (AvgIpc) is 2.67. The third-order valence-electron chi connectivity index (χ3n) is 5.19. The third kappa shape index (κ3) is 5.63. The van der Waals surface area contributed by atoms with E-state index < -0.39 is 0 Å². The molecule has 2 atom stereocenters. The van der Waals surface area contributed by atoms with Crippen molar-refractivity contribution >= 4 is 5.97 Å². The van der Waals surface area contributed by atoms with Gasteiger partial charge >= 0.3 is 5.97 Å². The molecule has 2 rings (SSSR count). The second kappa shape index (κ2) is 10.4. The van der Waals surface area contributed by atoms with Crippen molar-refractivity contribution in [3.05, 3.63) is 23.8 Å². The summed E-state index contributed by atoms with van der Waals surface area (Å²) in [4.78, 5) is 15.1. The van der Waals surface area contributed by atoms with Crippen LogP contribution < -0.4 is 4.74 Å². The minimum Gasteiger partial charge on any atom is -0.508 e. The van der Waals surface area contributed by atoms with Crippen LogP contribution in [-0.2, 0) is 4.74 Å². The van der Waals surface area contributed by atoms with Gasteiger partial charge in [0, 0.05) is 12.1 Å². The first-order valence-electron chi connectivity index (χ1n) is 9.93. The molecule has 1 N–H and O–H groups in total. The number of nitrogens with zero attached hydrogens (tertiary/aromatic N) is 1. The monoisotopic (exact) mass is 363 g/mol. The van der Waals surface area contributed by atoms with Gasteiger partial charge in [-0.2, -0.15) is 0 Å². The van der Waals surface area contributed by atoms with Crippen LogP contribution in [0.3, 0.4) is 0 Å². The summed E-state index contributed by atoms with van der Waals surface area (Å²) in [5.41, 5.74) is 0.373. The third-order valence-corrected chi connectivity index (χ3v) is 5.19. The summed E-state index contributed by atoms with van der Waals surface area (Å²) in [7, 11) is 0. The number of benzene rings is 1. The Bertz CT molecular complexity index is 569. The van der Waals surface area contributed by atoms with Gasteiger partial charge in [0.15, 0.2) is 0 Å². The fraction of sp³-hybridized carbons (Fsp3) is 0.667. The number of piperidine rings is 1. The van der Waals surface area contributed by atoms with E-state index in [-0.39, 0.29) is 17.8 Å². The Labute approximate surface area is 157 Å². The van der Waals surface area contributed by atoms with Crippen molar-refractivity contribution < 1.29 is 19.4 Å². The van der Waals surface area contributed by atoms with Crippen LogP contribution in [0, 0.1) is 5.92 Å². The summed E-state index contributed by atoms with van der Waals surface area (Å²) < 4.78 is 11.3. The van der Waals surface area contributed by atoms with Gasteiger partial charge in [-0.15, -0.1) is 0 Å². The number of hydrogen-bond acceptors (Lipinski definition) is 5. The molecule has 1 fully saturated rings. The van der Waals surface area contributed by atoms with Crippen LogP contribution in [0.2, 0.25) is 0 Å². The van der Waals surface area contributed by atoms with Crippen molar-refractivity contribution in [2.45, 2.75) is 58.9 Å². The van der Waals surface area contributed by atoms with Gasteiger partial charge in [0.1, 0.15) is 23.7 Å². The fourth-order valence-electron chi connectivity index (χ4n) is 3.40. The maximum absolute atomic E-state index is 12.6. The van der Waals surface area contributed by atoms with E-state index in [0.29, 0.717) is 30.4 Å². The second-order valence-corrected chi connectivity index (χ2v) is 7.18. The molecular formula is C21H33NO4. The van der Waals surface area contributed by atoms with Crippen LogP contribution in [0.15, 0.2) is 18.2 Å². The molecule has 0 spiro atoms. The number of phenols is 1. The molecule has 1 aliphatic heterocycles. The van der Waals surface area contributed by atoms with Crippen molar-refractivity contribution in [1.29, 1.82) is 0 Å². The number of carbonyl (C=O) groups excluding carboxylic acids is 1. The highest BCUT2D eigenvalue weighted by Gasteiger charge is 2.27. The SMILES string of the molecule is CCCOc1cc(O)ccc1C(=O)OC[C@H](C(C)CC)N1CCCCC1. The minimum atomic E-state index is -0.388. The first-order valence-corrected chi connectivity index (χ1v) is 9.93. The molecule has 0 radical (unpaired) electrons. The lowest BCUT2D eigenvalue weighted by molar-refractivity contribution is 0.0207. The number of esters is 1. The minimum absolute atomic E-state index is 0.0819. The number of ether oxygens (including phenoxy) is 2. The van der Waals surface area contributed by atoms with Gasteiger partial charge in [0.25, 0.3) is 0 Å². The zero-order valence-electron chi connectivity index (χ0n) is 16.4. The van der Waals surface area contributed by atoms with Crippen LogP contribution in [0.25, 0.3) is 0 Å². The van der Waals surface area contributed by atoms with Crippen molar-refractivity contribution in [1.82, 2.24) is 4.90 Å². The topological polar surface area (TPSA) is 59.0 Å².